The molecule has 0 aliphatic rings. The van der Waals surface area contributed by atoms with Crippen molar-refractivity contribution in [3.63, 3.8) is 0 Å². The van der Waals surface area contributed by atoms with E-state index in [0.29, 0.717) is 22.3 Å². The van der Waals surface area contributed by atoms with Gasteiger partial charge in [-0.2, -0.15) is 17.6 Å². The minimum Gasteiger partial charge on any atom is -0.493 e. The Morgan fingerprint density at radius 3 is 2.32 bits per heavy atom. The topological polar surface area (TPSA) is 132 Å². The maximum atomic E-state index is 13.9. The lowest BCUT2D eigenvalue weighted by molar-refractivity contribution is -0.514. The number of furan rings is 1. The van der Waals surface area contributed by atoms with Crippen molar-refractivity contribution >= 4 is 16.9 Å². The number of ether oxygens (including phenoxy) is 4. The van der Waals surface area contributed by atoms with Gasteiger partial charge in [-0.05, 0) is 30.3 Å². The summed E-state index contributed by atoms with van der Waals surface area (Å²) in [5.41, 5.74) is 11.4. The molecule has 15 heteroatoms. The molecule has 0 saturated carbocycles. The van der Waals surface area contributed by atoms with E-state index in [1.54, 1.807) is 36.7 Å². The number of halogens is 6. The molecule has 0 radical (unpaired) electrons. The van der Waals surface area contributed by atoms with Gasteiger partial charge in [0.2, 0.25) is 0 Å². The predicted molar refractivity (Wildman–Crippen MR) is 119 cm³/mol. The molecule has 0 saturated heterocycles. The third-order valence-electron chi connectivity index (χ3n) is 4.83. The van der Waals surface area contributed by atoms with E-state index in [1.165, 1.54) is 12.1 Å². The van der Waals surface area contributed by atoms with Crippen LogP contribution in [0.3, 0.4) is 0 Å². The molecule has 1 unspecified atom stereocenters. The average molecular weight is 551 g/mol. The van der Waals surface area contributed by atoms with Gasteiger partial charge in [0.25, 0.3) is 0 Å². The molecule has 3 aromatic rings. The number of nitrogens with two attached hydrogens (primary N) is 2. The molecule has 2 heterocycles. The Morgan fingerprint density at radius 1 is 1.00 bits per heavy atom. The highest BCUT2D eigenvalue weighted by Gasteiger charge is 2.52. The van der Waals surface area contributed by atoms with E-state index in [0.717, 1.165) is 0 Å². The van der Waals surface area contributed by atoms with Crippen LogP contribution in [0, 0.1) is 0 Å². The summed E-state index contributed by atoms with van der Waals surface area (Å²) >= 11 is 0. The largest absolute Gasteiger partial charge is 0.494 e. The standard InChI is InChI=1S/C23H23F6N3O6/c24-21(25,37-23(28,29)38-22(26,27)6-9-35-20(33)17(31)12-30)5-8-34-16-4-3-14-10-18(36-19(14)11-16)15-2-1-7-32-13-15/h1-4,7,10-11,13,17H,5-6,8-9,12,30-31H2. The zero-order valence-corrected chi connectivity index (χ0v) is 19.6. The average Bonchev–Trinajstić information content (AvgIpc) is 3.25. The number of rotatable bonds is 14. The van der Waals surface area contributed by atoms with E-state index in [4.69, 9.17) is 20.6 Å². The Bertz CT molecular complexity index is 1210. The molecule has 3 rings (SSSR count). The van der Waals surface area contributed by atoms with E-state index in [1.807, 2.05) is 0 Å². The van der Waals surface area contributed by atoms with Crippen LogP contribution in [0.5, 0.6) is 5.75 Å². The summed E-state index contributed by atoms with van der Waals surface area (Å²) in [4.78, 5) is 15.2. The highest BCUT2D eigenvalue weighted by Crippen LogP contribution is 2.36. The third kappa shape index (κ3) is 8.58. The van der Waals surface area contributed by atoms with Crippen LogP contribution < -0.4 is 16.2 Å². The first-order chi connectivity index (χ1) is 17.8. The van der Waals surface area contributed by atoms with Crippen LogP contribution in [-0.4, -0.2) is 55.3 Å². The number of nitrogens with zero attached hydrogens (tertiary/aromatic N) is 1. The highest BCUT2D eigenvalue weighted by atomic mass is 19.3. The van der Waals surface area contributed by atoms with Gasteiger partial charge >= 0.3 is 24.5 Å². The summed E-state index contributed by atoms with van der Waals surface area (Å²) < 4.78 is 104. The SMILES string of the molecule is NCC(N)C(=O)OCCC(F)(F)OC(F)(F)OC(F)(F)CCOc1ccc2cc(-c3cccnc3)oc2c1. The lowest BCUT2D eigenvalue weighted by Gasteiger charge is -2.26. The van der Waals surface area contributed by atoms with Crippen LogP contribution in [0.2, 0.25) is 0 Å². The summed E-state index contributed by atoms with van der Waals surface area (Å²) in [6.45, 7) is -2.26. The van der Waals surface area contributed by atoms with E-state index in [9.17, 15) is 31.1 Å². The molecule has 4 N–H and O–H groups in total. The summed E-state index contributed by atoms with van der Waals surface area (Å²) in [7, 11) is 0. The van der Waals surface area contributed by atoms with Crippen molar-refractivity contribution < 1.29 is 54.5 Å². The van der Waals surface area contributed by atoms with Gasteiger partial charge in [-0.15, -0.1) is 8.78 Å². The van der Waals surface area contributed by atoms with Gasteiger partial charge in [0.1, 0.15) is 23.1 Å². The van der Waals surface area contributed by atoms with Gasteiger partial charge in [0.05, 0.1) is 26.1 Å². The van der Waals surface area contributed by atoms with Crippen molar-refractivity contribution in [3.8, 4) is 17.1 Å². The van der Waals surface area contributed by atoms with Gasteiger partial charge < -0.3 is 25.4 Å². The summed E-state index contributed by atoms with van der Waals surface area (Å²) in [5.74, 6) is -0.571. The summed E-state index contributed by atoms with van der Waals surface area (Å²) in [6, 6.07) is 8.35. The molecule has 1 atom stereocenters. The zero-order chi connectivity index (χ0) is 28.0. The Morgan fingerprint density at radius 2 is 1.68 bits per heavy atom. The number of hydrogen-bond donors (Lipinski definition) is 2. The first-order valence-corrected chi connectivity index (χ1v) is 11.0. The quantitative estimate of drug-likeness (QED) is 0.171. The fourth-order valence-electron chi connectivity index (χ4n) is 2.98. The van der Waals surface area contributed by atoms with Crippen LogP contribution in [-0.2, 0) is 19.0 Å². The summed E-state index contributed by atoms with van der Waals surface area (Å²) in [6.07, 6.45) is -14.5. The number of carbonyl (C=O) groups excluding carboxylic acids is 1. The van der Waals surface area contributed by atoms with Crippen molar-refractivity contribution in [1.29, 1.82) is 0 Å². The number of benzene rings is 1. The molecular weight excluding hydrogens is 528 g/mol. The van der Waals surface area contributed by atoms with Gasteiger partial charge in [0.15, 0.2) is 0 Å². The van der Waals surface area contributed by atoms with Crippen LogP contribution in [0.4, 0.5) is 26.3 Å². The second-order valence-corrected chi connectivity index (χ2v) is 7.85. The molecule has 0 bridgehead atoms. The molecule has 1 aromatic carbocycles. The Kier molecular flexibility index (Phi) is 9.19. The van der Waals surface area contributed by atoms with Crippen LogP contribution in [0.1, 0.15) is 12.8 Å². The van der Waals surface area contributed by atoms with Gasteiger partial charge in [-0.3, -0.25) is 9.78 Å². The van der Waals surface area contributed by atoms with Crippen LogP contribution >= 0.6 is 0 Å². The number of hydrogen-bond acceptors (Lipinski definition) is 9. The molecule has 2 aromatic heterocycles. The normalized spacial score (nSPS) is 13.5. The van der Waals surface area contributed by atoms with E-state index >= 15 is 0 Å². The van der Waals surface area contributed by atoms with Crippen LogP contribution in [0.25, 0.3) is 22.3 Å². The molecule has 38 heavy (non-hydrogen) atoms. The van der Waals surface area contributed by atoms with Crippen molar-refractivity contribution in [1.82, 2.24) is 4.98 Å². The van der Waals surface area contributed by atoms with E-state index < -0.39 is 56.6 Å². The first kappa shape index (κ1) is 29.2. The number of alkyl halides is 6. The van der Waals surface area contributed by atoms with Crippen molar-refractivity contribution in [2.24, 2.45) is 11.5 Å². The minimum atomic E-state index is -5.39. The Labute approximate surface area is 211 Å². The molecule has 9 nitrogen and oxygen atoms in total. The molecule has 0 aliphatic heterocycles. The second-order valence-electron chi connectivity index (χ2n) is 7.85. The Hall–Kier alpha value is -3.40. The van der Waals surface area contributed by atoms with Gasteiger partial charge in [-0.25, -0.2) is 9.47 Å². The van der Waals surface area contributed by atoms with Gasteiger partial charge in [0, 0.05) is 36.0 Å². The monoisotopic (exact) mass is 551 g/mol. The first-order valence-electron chi connectivity index (χ1n) is 11.0. The van der Waals surface area contributed by atoms with Crippen molar-refractivity contribution in [2.45, 2.75) is 37.4 Å². The molecule has 0 aliphatic carbocycles. The van der Waals surface area contributed by atoms with Crippen molar-refractivity contribution in [3.05, 3.63) is 48.8 Å². The van der Waals surface area contributed by atoms with E-state index in [-0.39, 0.29) is 12.3 Å². The molecule has 208 valence electrons. The molecule has 0 spiro atoms. The smallest absolute Gasteiger partial charge is 0.493 e. The highest BCUT2D eigenvalue weighted by molar-refractivity contribution is 5.83. The summed E-state index contributed by atoms with van der Waals surface area (Å²) in [5, 5.41) is 0.680. The molecule has 0 amide bonds. The maximum absolute atomic E-state index is 13.9. The number of carbonyl (C=O) groups is 1. The fourth-order valence-corrected chi connectivity index (χ4v) is 2.98. The second kappa shape index (κ2) is 12.0. The van der Waals surface area contributed by atoms with E-state index in [2.05, 4.69) is 19.2 Å². The van der Waals surface area contributed by atoms with Crippen molar-refractivity contribution in [2.75, 3.05) is 19.8 Å². The lowest BCUT2D eigenvalue weighted by atomic mass is 10.2. The maximum Gasteiger partial charge on any atom is 0.494 e. The zero-order valence-electron chi connectivity index (χ0n) is 19.6. The third-order valence-corrected chi connectivity index (χ3v) is 4.83. The minimum absolute atomic E-state index is 0.0823. The number of pyridine rings is 1. The molecular formula is C23H23F6N3O6. The fraction of sp³-hybridized carbons (Fsp3) is 0.391. The van der Waals surface area contributed by atoms with Gasteiger partial charge in [-0.1, -0.05) is 0 Å². The lowest BCUT2D eigenvalue weighted by Crippen LogP contribution is -2.42. The number of fused-ring (bicyclic) bond motifs is 1. The Balaban J connectivity index is 1.49. The molecule has 0 fully saturated rings. The number of aromatic nitrogens is 1. The van der Waals surface area contributed by atoms with Crippen LogP contribution in [0.15, 0.2) is 53.2 Å². The number of esters is 1. The predicted octanol–water partition coefficient (Wildman–Crippen LogP) is 4.25.